The maximum atomic E-state index is 14.5. The van der Waals surface area contributed by atoms with Crippen molar-refractivity contribution in [2.24, 2.45) is 5.10 Å². The Balaban J connectivity index is 1.77. The topological polar surface area (TPSA) is 15.6 Å². The van der Waals surface area contributed by atoms with Crippen molar-refractivity contribution in [2.75, 3.05) is 5.01 Å². The summed E-state index contributed by atoms with van der Waals surface area (Å²) in [5, 5.41) is 7.39. The lowest BCUT2D eigenvalue weighted by molar-refractivity contribution is 0.579. The molecule has 3 aromatic carbocycles. The van der Waals surface area contributed by atoms with Crippen LogP contribution in [0, 0.1) is 5.82 Å². The highest BCUT2D eigenvalue weighted by atomic mass is 79.9. The molecule has 1 aliphatic rings. The summed E-state index contributed by atoms with van der Waals surface area (Å²) < 4.78 is 15.5. The Morgan fingerprint density at radius 2 is 1.65 bits per heavy atom. The van der Waals surface area contributed by atoms with Gasteiger partial charge in [-0.05, 0) is 48.0 Å². The molecule has 1 atom stereocenters. The molecule has 0 fully saturated rings. The average molecular weight is 430 g/mol. The Bertz CT molecular complexity index is 955. The zero-order chi connectivity index (χ0) is 18.1. The van der Waals surface area contributed by atoms with Crippen LogP contribution in [-0.4, -0.2) is 5.71 Å². The predicted molar refractivity (Wildman–Crippen MR) is 108 cm³/mol. The van der Waals surface area contributed by atoms with Gasteiger partial charge in [0, 0.05) is 21.5 Å². The normalized spacial score (nSPS) is 16.7. The number of rotatable bonds is 3. The van der Waals surface area contributed by atoms with Crippen molar-refractivity contribution in [3.63, 3.8) is 0 Å². The van der Waals surface area contributed by atoms with Gasteiger partial charge in [0.1, 0.15) is 5.82 Å². The van der Waals surface area contributed by atoms with Crippen LogP contribution in [0.15, 0.2) is 82.4 Å². The molecular weight excluding hydrogens is 415 g/mol. The van der Waals surface area contributed by atoms with E-state index in [0.29, 0.717) is 17.0 Å². The van der Waals surface area contributed by atoms with Gasteiger partial charge in [-0.3, -0.25) is 5.01 Å². The lowest BCUT2D eigenvalue weighted by Gasteiger charge is -2.24. The summed E-state index contributed by atoms with van der Waals surface area (Å²) in [6, 6.07) is 22.2. The molecule has 0 aromatic heterocycles. The molecule has 0 N–H and O–H groups in total. The van der Waals surface area contributed by atoms with E-state index in [1.54, 1.807) is 6.07 Å². The van der Waals surface area contributed by atoms with Gasteiger partial charge in [-0.15, -0.1) is 0 Å². The van der Waals surface area contributed by atoms with Crippen LogP contribution in [0.1, 0.15) is 23.6 Å². The summed E-state index contributed by atoms with van der Waals surface area (Å²) >= 11 is 9.45. The van der Waals surface area contributed by atoms with Crippen LogP contribution in [0.25, 0.3) is 0 Å². The number of nitrogens with zero attached hydrogens (tertiary/aromatic N) is 2. The van der Waals surface area contributed by atoms with Crippen LogP contribution in [0.4, 0.5) is 10.1 Å². The minimum absolute atomic E-state index is 0.192. The lowest BCUT2D eigenvalue weighted by atomic mass is 9.98. The number of hydrogen-bond donors (Lipinski definition) is 0. The van der Waals surface area contributed by atoms with Gasteiger partial charge in [-0.2, -0.15) is 5.10 Å². The number of hydrogen-bond acceptors (Lipinski definition) is 2. The SMILES string of the molecule is Fc1ccccc1[C@@H]1CC(c2ccc(Cl)cc2)=NN1c1ccc(Br)cc1. The zero-order valence-electron chi connectivity index (χ0n) is 13.7. The van der Waals surface area contributed by atoms with Gasteiger partial charge < -0.3 is 0 Å². The van der Waals surface area contributed by atoms with Gasteiger partial charge in [0.05, 0.1) is 17.4 Å². The second-order valence-electron chi connectivity index (χ2n) is 6.12. The van der Waals surface area contributed by atoms with E-state index >= 15 is 0 Å². The van der Waals surface area contributed by atoms with E-state index in [2.05, 4.69) is 15.9 Å². The number of halogens is 3. The van der Waals surface area contributed by atoms with Crippen LogP contribution in [0.3, 0.4) is 0 Å². The molecule has 130 valence electrons. The molecule has 0 radical (unpaired) electrons. The molecule has 5 heteroatoms. The van der Waals surface area contributed by atoms with E-state index in [1.165, 1.54) is 6.07 Å². The maximum absolute atomic E-state index is 14.5. The van der Waals surface area contributed by atoms with Crippen LogP contribution in [0.5, 0.6) is 0 Å². The Kier molecular flexibility index (Phi) is 4.79. The minimum Gasteiger partial charge on any atom is -0.257 e. The monoisotopic (exact) mass is 428 g/mol. The molecule has 0 saturated heterocycles. The largest absolute Gasteiger partial charge is 0.257 e. The molecule has 0 unspecified atom stereocenters. The predicted octanol–water partition coefficient (Wildman–Crippen LogP) is 6.60. The Morgan fingerprint density at radius 1 is 0.962 bits per heavy atom. The minimum atomic E-state index is -0.216. The molecule has 0 saturated carbocycles. The van der Waals surface area contributed by atoms with E-state index in [0.717, 1.165) is 21.4 Å². The maximum Gasteiger partial charge on any atom is 0.128 e. The standard InChI is InChI=1S/C21H15BrClFN2/c22-15-7-11-17(12-8-15)26-21(18-3-1-2-4-19(18)24)13-20(25-26)14-5-9-16(23)10-6-14/h1-12,21H,13H2/t21-/m0/s1. The third-order valence-corrected chi connectivity index (χ3v) is 5.22. The van der Waals surface area contributed by atoms with Crippen molar-refractivity contribution >= 4 is 38.9 Å². The third kappa shape index (κ3) is 3.39. The fraction of sp³-hybridized carbons (Fsp3) is 0.0952. The first-order valence-corrected chi connectivity index (χ1v) is 9.41. The van der Waals surface area contributed by atoms with Crippen molar-refractivity contribution in [1.29, 1.82) is 0 Å². The van der Waals surface area contributed by atoms with E-state index in [-0.39, 0.29) is 11.9 Å². The number of anilines is 1. The molecule has 1 aliphatic heterocycles. The van der Waals surface area contributed by atoms with Gasteiger partial charge in [-0.1, -0.05) is 57.9 Å². The fourth-order valence-corrected chi connectivity index (χ4v) is 3.54. The molecule has 0 amide bonds. The fourth-order valence-electron chi connectivity index (χ4n) is 3.15. The lowest BCUT2D eigenvalue weighted by Crippen LogP contribution is -2.19. The molecule has 0 bridgehead atoms. The molecule has 4 rings (SSSR count). The third-order valence-electron chi connectivity index (χ3n) is 4.44. The Hall–Kier alpha value is -2.17. The van der Waals surface area contributed by atoms with Crippen molar-refractivity contribution < 1.29 is 4.39 Å². The summed E-state index contributed by atoms with van der Waals surface area (Å²) in [6.45, 7) is 0. The summed E-state index contributed by atoms with van der Waals surface area (Å²) in [4.78, 5) is 0. The molecule has 2 nitrogen and oxygen atoms in total. The molecule has 1 heterocycles. The zero-order valence-corrected chi connectivity index (χ0v) is 16.1. The van der Waals surface area contributed by atoms with Crippen LogP contribution < -0.4 is 5.01 Å². The van der Waals surface area contributed by atoms with Gasteiger partial charge in [0.25, 0.3) is 0 Å². The summed E-state index contributed by atoms with van der Waals surface area (Å²) in [7, 11) is 0. The van der Waals surface area contributed by atoms with Gasteiger partial charge >= 0.3 is 0 Å². The van der Waals surface area contributed by atoms with Crippen molar-refractivity contribution in [3.8, 4) is 0 Å². The summed E-state index contributed by atoms with van der Waals surface area (Å²) in [5.74, 6) is -0.216. The number of benzene rings is 3. The average Bonchev–Trinajstić information content (AvgIpc) is 3.08. The second-order valence-corrected chi connectivity index (χ2v) is 7.47. The summed E-state index contributed by atoms with van der Waals surface area (Å²) in [6.07, 6.45) is 0.624. The molecule has 3 aromatic rings. The highest BCUT2D eigenvalue weighted by Crippen LogP contribution is 2.38. The van der Waals surface area contributed by atoms with Gasteiger partial charge in [0.2, 0.25) is 0 Å². The van der Waals surface area contributed by atoms with Gasteiger partial charge in [0.15, 0.2) is 0 Å². The van der Waals surface area contributed by atoms with Crippen molar-refractivity contribution in [1.82, 2.24) is 0 Å². The Labute approximate surface area is 165 Å². The van der Waals surface area contributed by atoms with Crippen molar-refractivity contribution in [2.45, 2.75) is 12.5 Å². The smallest absolute Gasteiger partial charge is 0.128 e. The summed E-state index contributed by atoms with van der Waals surface area (Å²) in [5.41, 5.74) is 3.47. The van der Waals surface area contributed by atoms with Crippen LogP contribution in [-0.2, 0) is 0 Å². The molecule has 0 spiro atoms. The van der Waals surface area contributed by atoms with Crippen LogP contribution in [0.2, 0.25) is 5.02 Å². The van der Waals surface area contributed by atoms with E-state index in [1.807, 2.05) is 65.7 Å². The van der Waals surface area contributed by atoms with Crippen molar-refractivity contribution in [3.05, 3.63) is 99.2 Å². The highest BCUT2D eigenvalue weighted by molar-refractivity contribution is 9.10. The highest BCUT2D eigenvalue weighted by Gasteiger charge is 2.31. The first kappa shape index (κ1) is 17.3. The first-order chi connectivity index (χ1) is 12.6. The number of hydrazone groups is 1. The van der Waals surface area contributed by atoms with Gasteiger partial charge in [-0.25, -0.2) is 4.39 Å². The van der Waals surface area contributed by atoms with E-state index in [4.69, 9.17) is 16.7 Å². The Morgan fingerprint density at radius 3 is 2.35 bits per heavy atom. The molecule has 0 aliphatic carbocycles. The molecule has 26 heavy (non-hydrogen) atoms. The quantitative estimate of drug-likeness (QED) is 0.458. The second kappa shape index (κ2) is 7.22. The molecular formula is C21H15BrClFN2. The first-order valence-electron chi connectivity index (χ1n) is 8.24. The van der Waals surface area contributed by atoms with E-state index in [9.17, 15) is 4.39 Å². The van der Waals surface area contributed by atoms with Crippen LogP contribution >= 0.6 is 27.5 Å². The van der Waals surface area contributed by atoms with E-state index < -0.39 is 0 Å².